The highest BCUT2D eigenvalue weighted by Crippen LogP contribution is 2.30. The van der Waals surface area contributed by atoms with E-state index in [2.05, 4.69) is 5.32 Å². The van der Waals surface area contributed by atoms with E-state index < -0.39 is 0 Å². The Morgan fingerprint density at radius 1 is 0.960 bits per heavy atom. The zero-order valence-electron chi connectivity index (χ0n) is 14.2. The largest absolute Gasteiger partial charge is 0.350 e. The van der Waals surface area contributed by atoms with Crippen LogP contribution in [-0.4, -0.2) is 23.3 Å². The highest BCUT2D eigenvalue weighted by atomic mass is 19.1. The Morgan fingerprint density at radius 2 is 1.60 bits per heavy atom. The van der Waals surface area contributed by atoms with Crippen molar-refractivity contribution in [3.63, 3.8) is 0 Å². The normalized spacial score (nSPS) is 14.4. The molecule has 128 valence electrons. The molecule has 5 heteroatoms. The van der Waals surface area contributed by atoms with Gasteiger partial charge in [-0.15, -0.1) is 0 Å². The third kappa shape index (κ3) is 3.31. The minimum absolute atomic E-state index is 0.230. The molecular weight excluding hydrogens is 319 g/mol. The summed E-state index contributed by atoms with van der Waals surface area (Å²) in [7, 11) is 0. The lowest BCUT2D eigenvalue weighted by Crippen LogP contribution is -2.33. The lowest BCUT2D eigenvalue weighted by atomic mass is 10.0. The van der Waals surface area contributed by atoms with Gasteiger partial charge >= 0.3 is 0 Å². The Bertz CT molecular complexity index is 839. The summed E-state index contributed by atoms with van der Waals surface area (Å²) in [6, 6.07) is 13.1. The topological polar surface area (TPSA) is 49.4 Å². The van der Waals surface area contributed by atoms with Gasteiger partial charge in [-0.05, 0) is 43.2 Å². The van der Waals surface area contributed by atoms with Crippen molar-refractivity contribution in [2.75, 3.05) is 11.9 Å². The molecule has 1 aliphatic rings. The number of nitrogens with one attached hydrogen (secondary N) is 1. The van der Waals surface area contributed by atoms with E-state index in [1.807, 2.05) is 38.1 Å². The van der Waals surface area contributed by atoms with Crippen LogP contribution in [0.3, 0.4) is 0 Å². The second-order valence-electron chi connectivity index (χ2n) is 6.01. The highest BCUT2D eigenvalue weighted by Gasteiger charge is 2.38. The van der Waals surface area contributed by atoms with Crippen LogP contribution in [0, 0.1) is 12.7 Å². The molecule has 0 atom stereocenters. The van der Waals surface area contributed by atoms with E-state index in [1.54, 1.807) is 0 Å². The van der Waals surface area contributed by atoms with Crippen LogP contribution >= 0.6 is 0 Å². The number of aryl methyl sites for hydroxylation is 1. The van der Waals surface area contributed by atoms with Gasteiger partial charge in [-0.1, -0.05) is 36.8 Å². The fourth-order valence-corrected chi connectivity index (χ4v) is 2.78. The van der Waals surface area contributed by atoms with Crippen LogP contribution in [0.4, 0.5) is 10.1 Å². The van der Waals surface area contributed by atoms with E-state index in [1.165, 1.54) is 29.2 Å². The minimum atomic E-state index is -0.361. The number of benzene rings is 2. The number of hydrogen-bond donors (Lipinski definition) is 1. The van der Waals surface area contributed by atoms with Crippen molar-refractivity contribution >= 4 is 23.1 Å². The standard InChI is InChI=1S/C20H19FN2O2/c1-3-12-23-19(24)17(14-6-4-13(2)5-7-14)18(20(23)25)22-16-10-8-15(21)9-11-16/h4-11,22H,3,12H2,1-2H3. The molecule has 2 amide bonds. The number of rotatable bonds is 5. The zero-order chi connectivity index (χ0) is 18.0. The molecule has 0 unspecified atom stereocenters. The molecule has 1 heterocycles. The van der Waals surface area contributed by atoms with E-state index in [-0.39, 0.29) is 23.3 Å². The highest BCUT2D eigenvalue weighted by molar-refractivity contribution is 6.36. The van der Waals surface area contributed by atoms with Gasteiger partial charge in [-0.2, -0.15) is 0 Å². The van der Waals surface area contributed by atoms with Gasteiger partial charge in [0.1, 0.15) is 11.5 Å². The van der Waals surface area contributed by atoms with Gasteiger partial charge in [0.25, 0.3) is 11.8 Å². The predicted octanol–water partition coefficient (Wildman–Crippen LogP) is 3.74. The minimum Gasteiger partial charge on any atom is -0.350 e. The third-order valence-electron chi connectivity index (χ3n) is 4.07. The Hall–Kier alpha value is -2.95. The number of hydrogen-bond acceptors (Lipinski definition) is 3. The van der Waals surface area contributed by atoms with Crippen molar-refractivity contribution in [3.05, 3.63) is 71.2 Å². The molecule has 0 aliphatic carbocycles. The maximum absolute atomic E-state index is 13.1. The SMILES string of the molecule is CCCN1C(=O)C(Nc2ccc(F)cc2)=C(c2ccc(C)cc2)C1=O. The van der Waals surface area contributed by atoms with Crippen molar-refractivity contribution in [3.8, 4) is 0 Å². The summed E-state index contributed by atoms with van der Waals surface area (Å²) in [5.41, 5.74) is 2.89. The molecule has 0 fully saturated rings. The average Bonchev–Trinajstić information content (AvgIpc) is 2.83. The second kappa shape index (κ2) is 6.89. The molecule has 0 radical (unpaired) electrons. The zero-order valence-corrected chi connectivity index (χ0v) is 14.2. The van der Waals surface area contributed by atoms with Crippen molar-refractivity contribution < 1.29 is 14.0 Å². The van der Waals surface area contributed by atoms with E-state index in [0.717, 1.165) is 5.56 Å². The predicted molar refractivity (Wildman–Crippen MR) is 95.1 cm³/mol. The molecule has 0 saturated heterocycles. The summed E-state index contributed by atoms with van der Waals surface area (Å²) >= 11 is 0. The Labute approximate surface area is 146 Å². The molecule has 4 nitrogen and oxygen atoms in total. The van der Waals surface area contributed by atoms with Crippen molar-refractivity contribution in [1.29, 1.82) is 0 Å². The lowest BCUT2D eigenvalue weighted by Gasteiger charge is -2.13. The van der Waals surface area contributed by atoms with Crippen LogP contribution in [0.25, 0.3) is 5.57 Å². The van der Waals surface area contributed by atoms with E-state index in [9.17, 15) is 14.0 Å². The molecular formula is C20H19FN2O2. The molecule has 1 aliphatic heterocycles. The molecule has 2 aromatic carbocycles. The molecule has 25 heavy (non-hydrogen) atoms. The van der Waals surface area contributed by atoms with Crippen LogP contribution in [0.2, 0.25) is 0 Å². The van der Waals surface area contributed by atoms with Gasteiger partial charge in [0.15, 0.2) is 0 Å². The summed E-state index contributed by atoms with van der Waals surface area (Å²) < 4.78 is 13.1. The van der Waals surface area contributed by atoms with Gasteiger partial charge < -0.3 is 5.32 Å². The van der Waals surface area contributed by atoms with E-state index in [4.69, 9.17) is 0 Å². The number of anilines is 1. The number of nitrogens with zero attached hydrogens (tertiary/aromatic N) is 1. The van der Waals surface area contributed by atoms with Crippen LogP contribution in [0.5, 0.6) is 0 Å². The fraction of sp³-hybridized carbons (Fsp3) is 0.200. The molecule has 1 N–H and O–H groups in total. The second-order valence-corrected chi connectivity index (χ2v) is 6.01. The average molecular weight is 338 g/mol. The summed E-state index contributed by atoms with van der Waals surface area (Å²) in [6.45, 7) is 4.24. The third-order valence-corrected chi connectivity index (χ3v) is 4.07. The maximum Gasteiger partial charge on any atom is 0.278 e. The van der Waals surface area contributed by atoms with Gasteiger partial charge in [-0.3, -0.25) is 14.5 Å². The van der Waals surface area contributed by atoms with E-state index >= 15 is 0 Å². The summed E-state index contributed by atoms with van der Waals surface area (Å²) in [4.78, 5) is 26.8. The van der Waals surface area contributed by atoms with Crippen LogP contribution in [0.15, 0.2) is 54.2 Å². The van der Waals surface area contributed by atoms with E-state index in [0.29, 0.717) is 29.8 Å². The van der Waals surface area contributed by atoms with Crippen LogP contribution < -0.4 is 5.32 Å². The maximum atomic E-state index is 13.1. The number of imide groups is 1. The van der Waals surface area contributed by atoms with Gasteiger partial charge in [0, 0.05) is 12.2 Å². The Morgan fingerprint density at radius 3 is 2.20 bits per heavy atom. The van der Waals surface area contributed by atoms with Crippen molar-refractivity contribution in [2.45, 2.75) is 20.3 Å². The van der Waals surface area contributed by atoms with Crippen LogP contribution in [-0.2, 0) is 9.59 Å². The van der Waals surface area contributed by atoms with Crippen LogP contribution in [0.1, 0.15) is 24.5 Å². The molecule has 0 aromatic heterocycles. The summed E-state index contributed by atoms with van der Waals surface area (Å²) in [5, 5.41) is 3.00. The number of carbonyl (C=O) groups is 2. The first-order valence-corrected chi connectivity index (χ1v) is 8.21. The number of amides is 2. The van der Waals surface area contributed by atoms with Gasteiger partial charge in [0.2, 0.25) is 0 Å². The van der Waals surface area contributed by atoms with Crippen molar-refractivity contribution in [2.24, 2.45) is 0 Å². The first kappa shape index (κ1) is 16.9. The Balaban J connectivity index is 2.05. The molecule has 0 bridgehead atoms. The molecule has 2 aromatic rings. The lowest BCUT2D eigenvalue weighted by molar-refractivity contribution is -0.136. The quantitative estimate of drug-likeness (QED) is 0.845. The molecule has 0 saturated carbocycles. The smallest absolute Gasteiger partial charge is 0.278 e. The first-order chi connectivity index (χ1) is 12.0. The van der Waals surface area contributed by atoms with Gasteiger partial charge in [-0.25, -0.2) is 4.39 Å². The number of carbonyl (C=O) groups excluding carboxylic acids is 2. The molecule has 0 spiro atoms. The van der Waals surface area contributed by atoms with Crippen molar-refractivity contribution in [1.82, 2.24) is 4.90 Å². The first-order valence-electron chi connectivity index (χ1n) is 8.21. The van der Waals surface area contributed by atoms with Gasteiger partial charge in [0.05, 0.1) is 5.57 Å². The monoisotopic (exact) mass is 338 g/mol. The number of halogens is 1. The fourth-order valence-electron chi connectivity index (χ4n) is 2.78. The summed E-state index contributed by atoms with van der Waals surface area (Å²) in [5.74, 6) is -1.02. The Kier molecular flexibility index (Phi) is 4.65. The molecule has 3 rings (SSSR count). The summed E-state index contributed by atoms with van der Waals surface area (Å²) in [6.07, 6.45) is 0.683.